The summed E-state index contributed by atoms with van der Waals surface area (Å²) in [6, 6.07) is 9.81. The van der Waals surface area contributed by atoms with Gasteiger partial charge in [-0.05, 0) is 29.5 Å². The van der Waals surface area contributed by atoms with Gasteiger partial charge < -0.3 is 5.11 Å². The van der Waals surface area contributed by atoms with Crippen molar-refractivity contribution in [1.29, 1.82) is 0 Å². The Morgan fingerprint density at radius 3 is 2.67 bits per heavy atom. The van der Waals surface area contributed by atoms with Gasteiger partial charge >= 0.3 is 5.97 Å². The van der Waals surface area contributed by atoms with Gasteiger partial charge in [0.15, 0.2) is 5.82 Å². The fourth-order valence-corrected chi connectivity index (χ4v) is 3.01. The minimum atomic E-state index is -0.846. The third-order valence-corrected chi connectivity index (χ3v) is 4.05. The molecule has 2 aromatic rings. The van der Waals surface area contributed by atoms with E-state index in [1.54, 1.807) is 0 Å². The quantitative estimate of drug-likeness (QED) is 0.910. The molecular formula is C15H18N4O2. The molecule has 0 amide bonds. The van der Waals surface area contributed by atoms with Gasteiger partial charge in [-0.1, -0.05) is 43.2 Å². The van der Waals surface area contributed by atoms with Crippen LogP contribution in [0.5, 0.6) is 0 Å². The zero-order chi connectivity index (χ0) is 14.7. The predicted molar refractivity (Wildman–Crippen MR) is 75.7 cm³/mol. The van der Waals surface area contributed by atoms with Crippen molar-refractivity contribution in [2.24, 2.45) is 5.92 Å². The number of tetrazole rings is 1. The first-order valence-corrected chi connectivity index (χ1v) is 7.28. The molecule has 1 heterocycles. The summed E-state index contributed by atoms with van der Waals surface area (Å²) in [4.78, 5) is 13.0. The van der Waals surface area contributed by atoms with Crippen LogP contribution in [0.15, 0.2) is 30.3 Å². The lowest BCUT2D eigenvalue weighted by molar-refractivity contribution is -0.140. The normalized spacial score (nSPS) is 17.0. The van der Waals surface area contributed by atoms with Gasteiger partial charge in [-0.2, -0.15) is 4.80 Å². The number of carboxylic acids is 1. The van der Waals surface area contributed by atoms with Gasteiger partial charge in [0.2, 0.25) is 0 Å². The molecule has 1 N–H and O–H groups in total. The van der Waals surface area contributed by atoms with Crippen LogP contribution in [0.3, 0.4) is 0 Å². The van der Waals surface area contributed by atoms with Crippen molar-refractivity contribution >= 4 is 5.97 Å². The lowest BCUT2D eigenvalue weighted by Gasteiger charge is -2.14. The molecule has 3 rings (SSSR count). The Morgan fingerprint density at radius 2 is 2.00 bits per heavy atom. The number of hydrogen-bond acceptors (Lipinski definition) is 4. The Morgan fingerprint density at radius 1 is 1.29 bits per heavy atom. The molecule has 1 aromatic heterocycles. The molecule has 6 nitrogen and oxygen atoms in total. The highest BCUT2D eigenvalue weighted by atomic mass is 16.4. The molecule has 1 saturated carbocycles. The number of rotatable bonds is 5. The molecule has 1 atom stereocenters. The van der Waals surface area contributed by atoms with Gasteiger partial charge in [-0.25, -0.2) is 0 Å². The van der Waals surface area contributed by atoms with Gasteiger partial charge in [0, 0.05) is 0 Å². The first-order chi connectivity index (χ1) is 10.2. The molecule has 1 aromatic carbocycles. The summed E-state index contributed by atoms with van der Waals surface area (Å²) >= 11 is 0. The minimum absolute atomic E-state index is 0.136. The van der Waals surface area contributed by atoms with Crippen molar-refractivity contribution < 1.29 is 9.90 Å². The maximum absolute atomic E-state index is 11.5. The lowest BCUT2D eigenvalue weighted by Crippen LogP contribution is -2.21. The van der Waals surface area contributed by atoms with Gasteiger partial charge in [0.25, 0.3) is 0 Å². The smallest absolute Gasteiger partial charge is 0.314 e. The number of hydrogen-bond donors (Lipinski definition) is 1. The lowest BCUT2D eigenvalue weighted by atomic mass is 9.90. The average molecular weight is 286 g/mol. The first kappa shape index (κ1) is 13.7. The van der Waals surface area contributed by atoms with E-state index < -0.39 is 11.9 Å². The van der Waals surface area contributed by atoms with Crippen LogP contribution in [0, 0.1) is 5.92 Å². The van der Waals surface area contributed by atoms with Gasteiger partial charge in [-0.3, -0.25) is 4.79 Å². The number of benzene rings is 1. The summed E-state index contributed by atoms with van der Waals surface area (Å²) in [6.07, 6.45) is 4.05. The zero-order valence-electron chi connectivity index (χ0n) is 11.7. The monoisotopic (exact) mass is 286 g/mol. The highest BCUT2D eigenvalue weighted by Crippen LogP contribution is 2.36. The van der Waals surface area contributed by atoms with Crippen LogP contribution in [0.4, 0.5) is 0 Å². The molecule has 0 saturated heterocycles. The van der Waals surface area contributed by atoms with Crippen molar-refractivity contribution in [3.63, 3.8) is 0 Å². The molecule has 1 aliphatic rings. The Hall–Kier alpha value is -2.24. The van der Waals surface area contributed by atoms with E-state index in [1.165, 1.54) is 4.80 Å². The molecule has 1 aliphatic carbocycles. The van der Waals surface area contributed by atoms with Crippen molar-refractivity contribution in [2.45, 2.75) is 38.1 Å². The Kier molecular flexibility index (Phi) is 3.94. The van der Waals surface area contributed by atoms with Crippen LogP contribution in [-0.4, -0.2) is 31.3 Å². The van der Waals surface area contributed by atoms with Crippen molar-refractivity contribution in [1.82, 2.24) is 20.2 Å². The topological polar surface area (TPSA) is 80.9 Å². The Balaban J connectivity index is 1.77. The second-order valence-corrected chi connectivity index (χ2v) is 5.52. The second-order valence-electron chi connectivity index (χ2n) is 5.52. The Labute approximate surface area is 122 Å². The van der Waals surface area contributed by atoms with E-state index in [4.69, 9.17) is 0 Å². The Bertz CT molecular complexity index is 605. The van der Waals surface area contributed by atoms with E-state index in [2.05, 4.69) is 15.4 Å². The van der Waals surface area contributed by atoms with Gasteiger partial charge in [0.1, 0.15) is 5.92 Å². The minimum Gasteiger partial charge on any atom is -0.481 e. The van der Waals surface area contributed by atoms with Crippen molar-refractivity contribution in [2.75, 3.05) is 0 Å². The van der Waals surface area contributed by atoms with E-state index in [-0.39, 0.29) is 5.92 Å². The molecule has 0 radical (unpaired) electrons. The van der Waals surface area contributed by atoms with Crippen LogP contribution in [0.1, 0.15) is 43.0 Å². The van der Waals surface area contributed by atoms with Crippen molar-refractivity contribution in [3.8, 4) is 0 Å². The van der Waals surface area contributed by atoms with Crippen LogP contribution in [0.2, 0.25) is 0 Å². The van der Waals surface area contributed by atoms with Crippen LogP contribution in [0.25, 0.3) is 0 Å². The highest BCUT2D eigenvalue weighted by Gasteiger charge is 2.35. The molecule has 1 unspecified atom stereocenters. The number of aliphatic carboxylic acids is 1. The standard InChI is InChI=1S/C15H18N4O2/c20-15(21)13(12-8-4-5-9-12)14-16-18-19(17-14)10-11-6-2-1-3-7-11/h1-3,6-7,12-13H,4-5,8-10H2,(H,20,21). The molecule has 0 aliphatic heterocycles. The maximum Gasteiger partial charge on any atom is 0.314 e. The second kappa shape index (κ2) is 6.03. The van der Waals surface area contributed by atoms with E-state index in [0.717, 1.165) is 31.2 Å². The summed E-state index contributed by atoms with van der Waals surface area (Å²) in [5.41, 5.74) is 1.06. The third kappa shape index (κ3) is 3.09. The molecule has 0 bridgehead atoms. The predicted octanol–water partition coefficient (Wildman–Crippen LogP) is 2.08. The summed E-state index contributed by atoms with van der Waals surface area (Å²) in [5.74, 6) is -1.000. The summed E-state index contributed by atoms with van der Waals surface area (Å²) < 4.78 is 0. The number of nitrogens with zero attached hydrogens (tertiary/aromatic N) is 4. The van der Waals surface area contributed by atoms with Crippen LogP contribution < -0.4 is 0 Å². The van der Waals surface area contributed by atoms with E-state index in [0.29, 0.717) is 12.4 Å². The maximum atomic E-state index is 11.5. The fraction of sp³-hybridized carbons (Fsp3) is 0.467. The average Bonchev–Trinajstić information content (AvgIpc) is 3.13. The molecule has 21 heavy (non-hydrogen) atoms. The van der Waals surface area contributed by atoms with Crippen LogP contribution in [-0.2, 0) is 11.3 Å². The molecule has 1 fully saturated rings. The molecule has 0 spiro atoms. The SMILES string of the molecule is O=C(O)C(c1nnn(Cc2ccccc2)n1)C1CCCC1. The van der Waals surface area contributed by atoms with Gasteiger partial charge in [0.05, 0.1) is 6.54 Å². The number of aromatic nitrogens is 4. The summed E-state index contributed by atoms with van der Waals surface area (Å²) in [5, 5.41) is 21.7. The fourth-order valence-electron chi connectivity index (χ4n) is 3.01. The van der Waals surface area contributed by atoms with Crippen molar-refractivity contribution in [3.05, 3.63) is 41.7 Å². The van der Waals surface area contributed by atoms with E-state index in [1.807, 2.05) is 30.3 Å². The number of carboxylic acid groups (broad SMARTS) is 1. The molecule has 6 heteroatoms. The van der Waals surface area contributed by atoms with Gasteiger partial charge in [-0.15, -0.1) is 10.2 Å². The zero-order valence-corrected chi connectivity index (χ0v) is 11.7. The highest BCUT2D eigenvalue weighted by molar-refractivity contribution is 5.75. The summed E-state index contributed by atoms with van der Waals surface area (Å²) in [7, 11) is 0. The molecule has 110 valence electrons. The first-order valence-electron chi connectivity index (χ1n) is 7.28. The van der Waals surface area contributed by atoms with E-state index in [9.17, 15) is 9.90 Å². The third-order valence-electron chi connectivity index (χ3n) is 4.05. The van der Waals surface area contributed by atoms with Crippen LogP contribution >= 0.6 is 0 Å². The van der Waals surface area contributed by atoms with E-state index >= 15 is 0 Å². The summed E-state index contributed by atoms with van der Waals surface area (Å²) in [6.45, 7) is 0.505. The molecular weight excluding hydrogens is 268 g/mol. The number of carbonyl (C=O) groups is 1. The largest absolute Gasteiger partial charge is 0.481 e.